The van der Waals surface area contributed by atoms with Crippen LogP contribution in [0.2, 0.25) is 0 Å². The molecule has 0 bridgehead atoms. The molecular formula is C20H31N2O4P. The van der Waals surface area contributed by atoms with Gasteiger partial charge in [-0.25, -0.2) is 4.57 Å². The van der Waals surface area contributed by atoms with Gasteiger partial charge in [0.05, 0.1) is 37.8 Å². The van der Waals surface area contributed by atoms with Gasteiger partial charge in [-0.1, -0.05) is 39.0 Å². The Morgan fingerprint density at radius 2 is 1.78 bits per heavy atom. The average molecular weight is 394 g/mol. The number of nitrogens with one attached hydrogen (secondary N) is 1. The molecule has 1 aromatic rings. The molecule has 0 saturated carbocycles. The minimum absolute atomic E-state index is 0.0477. The monoisotopic (exact) mass is 394 g/mol. The maximum absolute atomic E-state index is 13.2. The van der Waals surface area contributed by atoms with Crippen molar-refractivity contribution in [2.24, 2.45) is 0 Å². The topological polar surface area (TPSA) is 60.0 Å². The van der Waals surface area contributed by atoms with Gasteiger partial charge in [0.2, 0.25) is 0 Å². The Hall–Kier alpha value is -1.59. The summed E-state index contributed by atoms with van der Waals surface area (Å²) in [7, 11) is -3.57. The van der Waals surface area contributed by atoms with Crippen LogP contribution in [0.25, 0.3) is 0 Å². The van der Waals surface area contributed by atoms with Crippen LogP contribution in [0.1, 0.15) is 26.3 Å². The molecular weight excluding hydrogens is 363 g/mol. The summed E-state index contributed by atoms with van der Waals surface area (Å²) in [5.74, 6) is 0. The summed E-state index contributed by atoms with van der Waals surface area (Å²) < 4.78 is 29.6. The summed E-state index contributed by atoms with van der Waals surface area (Å²) in [6.45, 7) is 16.8. The zero-order valence-corrected chi connectivity index (χ0v) is 17.5. The molecule has 0 aromatic heterocycles. The fraction of sp³-hybridized carbons (Fsp3) is 0.500. The van der Waals surface area contributed by atoms with Gasteiger partial charge in [0.1, 0.15) is 0 Å². The van der Waals surface area contributed by atoms with Crippen molar-refractivity contribution in [3.05, 3.63) is 49.1 Å². The SMILES string of the molecule is C=CCOP(=O)(Nc1cc(C(C)(C)C)ccc1N1CCOCC1)OCC=C. The molecule has 1 fully saturated rings. The standard InChI is InChI=1S/C20H31N2O4P/c1-6-12-25-27(23,26-13-7-2)21-18-16-17(20(3,4)5)8-9-19(18)22-10-14-24-15-11-22/h6-9,16H,1-2,10-15H2,3-5H3,(H,21,23). The molecule has 1 aliphatic rings. The van der Waals surface area contributed by atoms with Gasteiger partial charge in [0.15, 0.2) is 0 Å². The zero-order valence-electron chi connectivity index (χ0n) is 16.6. The van der Waals surface area contributed by atoms with Crippen LogP contribution in [-0.2, 0) is 23.8 Å². The number of nitrogens with zero attached hydrogens (tertiary/aromatic N) is 1. The highest BCUT2D eigenvalue weighted by Crippen LogP contribution is 2.50. The third kappa shape index (κ3) is 6.22. The highest BCUT2D eigenvalue weighted by Gasteiger charge is 2.28. The van der Waals surface area contributed by atoms with E-state index in [1.165, 1.54) is 0 Å². The van der Waals surface area contributed by atoms with Crippen molar-refractivity contribution < 1.29 is 18.3 Å². The summed E-state index contributed by atoms with van der Waals surface area (Å²) in [4.78, 5) is 2.21. The van der Waals surface area contributed by atoms with Gasteiger partial charge in [-0.05, 0) is 23.1 Å². The maximum Gasteiger partial charge on any atom is 0.433 e. The van der Waals surface area contributed by atoms with Crippen molar-refractivity contribution in [3.8, 4) is 0 Å². The molecule has 150 valence electrons. The summed E-state index contributed by atoms with van der Waals surface area (Å²) in [5.41, 5.74) is 2.76. The Morgan fingerprint density at radius 3 is 2.30 bits per heavy atom. The van der Waals surface area contributed by atoms with E-state index < -0.39 is 7.75 Å². The van der Waals surface area contributed by atoms with Gasteiger partial charge in [-0.3, -0.25) is 14.1 Å². The smallest absolute Gasteiger partial charge is 0.378 e. The number of benzene rings is 1. The lowest BCUT2D eigenvalue weighted by molar-refractivity contribution is 0.123. The Morgan fingerprint density at radius 1 is 1.19 bits per heavy atom. The lowest BCUT2D eigenvalue weighted by atomic mass is 9.86. The van der Waals surface area contributed by atoms with Crippen LogP contribution < -0.4 is 9.99 Å². The van der Waals surface area contributed by atoms with E-state index in [4.69, 9.17) is 13.8 Å². The first-order chi connectivity index (χ1) is 12.8. The number of ether oxygens (including phenoxy) is 1. The van der Waals surface area contributed by atoms with E-state index in [-0.39, 0.29) is 18.6 Å². The third-order valence-corrected chi connectivity index (χ3v) is 5.69. The van der Waals surface area contributed by atoms with Crippen molar-refractivity contribution >= 4 is 19.1 Å². The molecule has 0 radical (unpaired) electrons. The van der Waals surface area contributed by atoms with Gasteiger partial charge in [0, 0.05) is 13.1 Å². The van der Waals surface area contributed by atoms with Gasteiger partial charge in [-0.15, -0.1) is 13.2 Å². The molecule has 1 aliphatic heterocycles. The van der Waals surface area contributed by atoms with Crippen LogP contribution in [0.5, 0.6) is 0 Å². The van der Waals surface area contributed by atoms with Crippen molar-refractivity contribution in [3.63, 3.8) is 0 Å². The van der Waals surface area contributed by atoms with E-state index in [1.807, 2.05) is 6.07 Å². The van der Waals surface area contributed by atoms with Gasteiger partial charge >= 0.3 is 7.75 Å². The Bertz CT molecular complexity index is 678. The quantitative estimate of drug-likeness (QED) is 0.482. The first-order valence-electron chi connectivity index (χ1n) is 9.15. The molecule has 2 rings (SSSR count). The summed E-state index contributed by atoms with van der Waals surface area (Å²) in [6, 6.07) is 6.18. The minimum atomic E-state index is -3.57. The van der Waals surface area contributed by atoms with E-state index in [0.29, 0.717) is 13.2 Å². The van der Waals surface area contributed by atoms with Gasteiger partial charge in [0.25, 0.3) is 0 Å². The number of rotatable bonds is 9. The Labute approximate surface area is 162 Å². The van der Waals surface area contributed by atoms with Gasteiger partial charge < -0.3 is 9.64 Å². The van der Waals surface area contributed by atoms with E-state index in [9.17, 15) is 4.57 Å². The molecule has 27 heavy (non-hydrogen) atoms. The first kappa shape index (κ1) is 21.7. The maximum atomic E-state index is 13.2. The second-order valence-electron chi connectivity index (χ2n) is 7.36. The van der Waals surface area contributed by atoms with Crippen molar-refractivity contribution in [2.75, 3.05) is 49.5 Å². The van der Waals surface area contributed by atoms with E-state index >= 15 is 0 Å². The van der Waals surface area contributed by atoms with E-state index in [2.05, 4.69) is 56.0 Å². The number of hydrogen-bond acceptors (Lipinski definition) is 5. The number of anilines is 2. The summed E-state index contributed by atoms with van der Waals surface area (Å²) in [6.07, 6.45) is 3.08. The highest BCUT2D eigenvalue weighted by atomic mass is 31.2. The van der Waals surface area contributed by atoms with Crippen LogP contribution in [0, 0.1) is 0 Å². The predicted molar refractivity (Wildman–Crippen MR) is 112 cm³/mol. The molecule has 1 aromatic carbocycles. The summed E-state index contributed by atoms with van der Waals surface area (Å²) in [5, 5.41) is 3.04. The molecule has 1 N–H and O–H groups in total. The van der Waals surface area contributed by atoms with Crippen molar-refractivity contribution in [1.29, 1.82) is 0 Å². The molecule has 0 unspecified atom stereocenters. The van der Waals surface area contributed by atoms with Crippen LogP contribution in [-0.4, -0.2) is 39.5 Å². The number of hydrogen-bond donors (Lipinski definition) is 1. The minimum Gasteiger partial charge on any atom is -0.378 e. The van der Waals surface area contributed by atoms with E-state index in [0.717, 1.165) is 30.0 Å². The second kappa shape index (κ2) is 9.56. The fourth-order valence-electron chi connectivity index (χ4n) is 2.72. The normalized spacial score (nSPS) is 15.4. The molecule has 1 heterocycles. The molecule has 1 saturated heterocycles. The lowest BCUT2D eigenvalue weighted by Crippen LogP contribution is -2.36. The Kier molecular flexibility index (Phi) is 7.68. The molecule has 0 atom stereocenters. The number of morpholine rings is 1. The summed E-state index contributed by atoms with van der Waals surface area (Å²) >= 11 is 0. The molecule has 0 spiro atoms. The fourth-order valence-corrected chi connectivity index (χ4v) is 4.00. The predicted octanol–water partition coefficient (Wildman–Crippen LogP) is 4.75. The average Bonchev–Trinajstić information content (AvgIpc) is 2.65. The third-order valence-electron chi connectivity index (χ3n) is 4.20. The molecule has 0 aliphatic carbocycles. The Balaban J connectivity index is 2.40. The first-order valence-corrected chi connectivity index (χ1v) is 10.7. The molecule has 6 nitrogen and oxygen atoms in total. The zero-order chi connectivity index (χ0) is 19.9. The van der Waals surface area contributed by atoms with Crippen LogP contribution in [0.15, 0.2) is 43.5 Å². The van der Waals surface area contributed by atoms with E-state index in [1.54, 1.807) is 12.2 Å². The molecule has 7 heteroatoms. The van der Waals surface area contributed by atoms with Gasteiger partial charge in [-0.2, -0.15) is 0 Å². The largest absolute Gasteiger partial charge is 0.433 e. The van der Waals surface area contributed by atoms with Crippen LogP contribution in [0.3, 0.4) is 0 Å². The second-order valence-corrected chi connectivity index (χ2v) is 9.09. The lowest BCUT2D eigenvalue weighted by Gasteiger charge is -2.32. The van der Waals surface area contributed by atoms with Crippen molar-refractivity contribution in [2.45, 2.75) is 26.2 Å². The molecule has 0 amide bonds. The van der Waals surface area contributed by atoms with Crippen molar-refractivity contribution in [1.82, 2.24) is 0 Å². The highest BCUT2D eigenvalue weighted by molar-refractivity contribution is 7.55. The van der Waals surface area contributed by atoms with Crippen LogP contribution >= 0.6 is 7.75 Å². The van der Waals surface area contributed by atoms with Crippen LogP contribution in [0.4, 0.5) is 11.4 Å².